The van der Waals surface area contributed by atoms with Crippen molar-refractivity contribution in [3.8, 4) is 0 Å². The lowest BCUT2D eigenvalue weighted by Crippen LogP contribution is -2.27. The number of allylic oxidation sites excluding steroid dienone is 1. The summed E-state index contributed by atoms with van der Waals surface area (Å²) >= 11 is 0. The van der Waals surface area contributed by atoms with Gasteiger partial charge in [-0.3, -0.25) is 4.98 Å². The lowest BCUT2D eigenvalue weighted by atomic mass is 9.81. The highest BCUT2D eigenvalue weighted by Crippen LogP contribution is 2.39. The lowest BCUT2D eigenvalue weighted by Gasteiger charge is -2.15. The summed E-state index contributed by atoms with van der Waals surface area (Å²) in [6.07, 6.45) is 9.97. The van der Waals surface area contributed by atoms with E-state index in [4.69, 9.17) is 0 Å². The molecule has 0 atom stereocenters. The lowest BCUT2D eigenvalue weighted by molar-refractivity contribution is -0.425. The van der Waals surface area contributed by atoms with Crippen LogP contribution in [0.1, 0.15) is 25.0 Å². The average molecular weight is 289 g/mol. The van der Waals surface area contributed by atoms with Crippen molar-refractivity contribution >= 4 is 17.5 Å². The Balaban J connectivity index is 2.09. The summed E-state index contributed by atoms with van der Waals surface area (Å²) in [6, 6.07) is 12.6. The molecule has 1 aromatic carbocycles. The molecule has 0 unspecified atom stereocenters. The van der Waals surface area contributed by atoms with Gasteiger partial charge in [0.2, 0.25) is 5.69 Å². The Morgan fingerprint density at radius 3 is 2.68 bits per heavy atom. The molecule has 0 N–H and O–H groups in total. The number of aromatic nitrogens is 1. The largest absolute Gasteiger partial charge is 0.264 e. The number of para-hydroxylation sites is 1. The molecular weight excluding hydrogens is 268 g/mol. The van der Waals surface area contributed by atoms with E-state index >= 15 is 0 Å². The third-order valence-corrected chi connectivity index (χ3v) is 4.23. The number of fused-ring (bicyclic) bond motifs is 1. The third kappa shape index (κ3) is 2.41. The van der Waals surface area contributed by atoms with Gasteiger partial charge in [0.15, 0.2) is 12.3 Å². The molecule has 0 radical (unpaired) electrons. The van der Waals surface area contributed by atoms with Gasteiger partial charge in [-0.15, -0.1) is 0 Å². The minimum atomic E-state index is -0.0156. The number of benzene rings is 1. The van der Waals surface area contributed by atoms with Gasteiger partial charge < -0.3 is 0 Å². The molecule has 22 heavy (non-hydrogen) atoms. The van der Waals surface area contributed by atoms with Crippen molar-refractivity contribution in [3.63, 3.8) is 0 Å². The molecule has 1 aromatic heterocycles. The van der Waals surface area contributed by atoms with E-state index in [9.17, 15) is 0 Å². The van der Waals surface area contributed by atoms with E-state index < -0.39 is 0 Å². The first kappa shape index (κ1) is 14.5. The number of pyridine rings is 1. The minimum Gasteiger partial charge on any atom is -0.264 e. The van der Waals surface area contributed by atoms with E-state index in [1.807, 2.05) is 18.3 Å². The molecule has 0 amide bonds. The van der Waals surface area contributed by atoms with E-state index in [1.165, 1.54) is 17.0 Å². The maximum absolute atomic E-state index is 4.17. The first-order valence-corrected chi connectivity index (χ1v) is 7.58. The van der Waals surface area contributed by atoms with Gasteiger partial charge in [0.25, 0.3) is 0 Å². The van der Waals surface area contributed by atoms with E-state index in [2.05, 4.69) is 72.5 Å². The molecule has 2 heterocycles. The normalized spacial score (nSPS) is 16.1. The molecule has 2 heteroatoms. The maximum atomic E-state index is 4.17. The van der Waals surface area contributed by atoms with Gasteiger partial charge in [0.1, 0.15) is 0 Å². The van der Waals surface area contributed by atoms with Crippen LogP contribution < -0.4 is 0 Å². The van der Waals surface area contributed by atoms with Gasteiger partial charge in [-0.05, 0) is 37.6 Å². The number of hydrogen-bond donors (Lipinski definition) is 0. The van der Waals surface area contributed by atoms with E-state index in [-0.39, 0.29) is 5.41 Å². The number of hydrogen-bond acceptors (Lipinski definition) is 1. The Morgan fingerprint density at radius 2 is 1.95 bits per heavy atom. The summed E-state index contributed by atoms with van der Waals surface area (Å²) in [5.74, 6) is 0. The second kappa shape index (κ2) is 5.72. The van der Waals surface area contributed by atoms with Crippen LogP contribution >= 0.6 is 0 Å². The Morgan fingerprint density at radius 1 is 1.14 bits per heavy atom. The van der Waals surface area contributed by atoms with Gasteiger partial charge in [0, 0.05) is 30.1 Å². The highest BCUT2D eigenvalue weighted by Gasteiger charge is 2.43. The van der Waals surface area contributed by atoms with Crippen LogP contribution in [0.5, 0.6) is 0 Å². The number of rotatable bonds is 4. The fraction of sp³-hybridized carbons (Fsp3) is 0.200. The first-order valence-electron chi connectivity index (χ1n) is 7.58. The summed E-state index contributed by atoms with van der Waals surface area (Å²) in [6.45, 7) is 9.27. The Labute approximate surface area is 132 Å². The Hall–Kier alpha value is -2.48. The van der Waals surface area contributed by atoms with Gasteiger partial charge in [-0.1, -0.05) is 30.8 Å². The number of nitrogens with zero attached hydrogens (tertiary/aromatic N) is 2. The minimum absolute atomic E-state index is 0.0156. The molecule has 0 aliphatic carbocycles. The van der Waals surface area contributed by atoms with Crippen molar-refractivity contribution in [2.45, 2.75) is 19.3 Å². The quantitative estimate of drug-likeness (QED) is 0.603. The van der Waals surface area contributed by atoms with Crippen molar-refractivity contribution < 1.29 is 4.58 Å². The second-order valence-electron chi connectivity index (χ2n) is 6.05. The molecule has 0 bridgehead atoms. The van der Waals surface area contributed by atoms with Crippen LogP contribution in [-0.2, 0) is 5.41 Å². The SMILES string of the molecule is C=CC[N+]1=C(C=Cc2cccnc2)C(C)(C)c2ccccc21. The van der Waals surface area contributed by atoms with E-state index in [0.717, 1.165) is 12.1 Å². The molecule has 1 aliphatic rings. The molecule has 2 nitrogen and oxygen atoms in total. The van der Waals surface area contributed by atoms with Gasteiger partial charge in [0.05, 0.1) is 5.41 Å². The molecule has 110 valence electrons. The van der Waals surface area contributed by atoms with Crippen molar-refractivity contribution in [2.24, 2.45) is 0 Å². The predicted octanol–water partition coefficient (Wildman–Crippen LogP) is 4.36. The van der Waals surface area contributed by atoms with Crippen molar-refractivity contribution in [1.82, 2.24) is 4.98 Å². The summed E-state index contributed by atoms with van der Waals surface area (Å²) in [5.41, 5.74) is 5.02. The Kier molecular flexibility index (Phi) is 3.76. The fourth-order valence-corrected chi connectivity index (χ4v) is 3.12. The van der Waals surface area contributed by atoms with Crippen molar-refractivity contribution in [1.29, 1.82) is 0 Å². The van der Waals surface area contributed by atoms with E-state index in [0.29, 0.717) is 0 Å². The monoisotopic (exact) mass is 289 g/mol. The molecular formula is C20H21N2+. The van der Waals surface area contributed by atoms with Gasteiger partial charge >= 0.3 is 0 Å². The predicted molar refractivity (Wildman–Crippen MR) is 92.7 cm³/mol. The molecule has 3 rings (SSSR count). The topological polar surface area (TPSA) is 15.9 Å². The smallest absolute Gasteiger partial charge is 0.210 e. The summed E-state index contributed by atoms with van der Waals surface area (Å²) in [4.78, 5) is 4.17. The van der Waals surface area contributed by atoms with Crippen LogP contribution in [0.4, 0.5) is 5.69 Å². The third-order valence-electron chi connectivity index (χ3n) is 4.23. The zero-order chi connectivity index (χ0) is 15.6. The summed E-state index contributed by atoms with van der Waals surface area (Å²) < 4.78 is 2.34. The van der Waals surface area contributed by atoms with Gasteiger partial charge in [-0.25, -0.2) is 0 Å². The first-order chi connectivity index (χ1) is 10.6. The maximum Gasteiger partial charge on any atom is 0.210 e. The Bertz CT molecular complexity index is 752. The molecule has 0 saturated heterocycles. The van der Waals surface area contributed by atoms with Gasteiger partial charge in [-0.2, -0.15) is 4.58 Å². The molecule has 0 spiro atoms. The zero-order valence-electron chi connectivity index (χ0n) is 13.2. The summed E-state index contributed by atoms with van der Waals surface area (Å²) in [7, 11) is 0. The highest BCUT2D eigenvalue weighted by atomic mass is 15.0. The molecule has 0 fully saturated rings. The van der Waals surface area contributed by atoms with Crippen LogP contribution in [-0.4, -0.2) is 21.8 Å². The second-order valence-corrected chi connectivity index (χ2v) is 6.05. The summed E-state index contributed by atoms with van der Waals surface area (Å²) in [5, 5.41) is 0. The van der Waals surface area contributed by atoms with Crippen molar-refractivity contribution in [3.05, 3.63) is 78.6 Å². The highest BCUT2D eigenvalue weighted by molar-refractivity contribution is 6.05. The zero-order valence-corrected chi connectivity index (χ0v) is 13.2. The molecule has 1 aliphatic heterocycles. The van der Waals surface area contributed by atoms with Crippen LogP contribution in [0.2, 0.25) is 0 Å². The molecule has 0 saturated carbocycles. The fourth-order valence-electron chi connectivity index (χ4n) is 3.12. The van der Waals surface area contributed by atoms with Crippen LogP contribution in [0.25, 0.3) is 6.08 Å². The van der Waals surface area contributed by atoms with Crippen LogP contribution in [0.3, 0.4) is 0 Å². The van der Waals surface area contributed by atoms with Crippen molar-refractivity contribution in [2.75, 3.05) is 6.54 Å². The van der Waals surface area contributed by atoms with Crippen LogP contribution in [0.15, 0.2) is 67.5 Å². The standard InChI is InChI=1S/C20H21N2/c1-4-14-22-18-10-6-5-9-17(18)20(2,3)19(22)12-11-16-8-7-13-21-15-16/h4-13,15H,1,14H2,2-3H3/q+1. The molecule has 2 aromatic rings. The van der Waals surface area contributed by atoms with E-state index in [1.54, 1.807) is 6.20 Å². The average Bonchev–Trinajstić information content (AvgIpc) is 2.75. The van der Waals surface area contributed by atoms with Crippen LogP contribution in [0, 0.1) is 0 Å².